The molecule has 0 N–H and O–H groups in total. The van der Waals surface area contributed by atoms with Gasteiger partial charge in [0.1, 0.15) is 5.60 Å². The van der Waals surface area contributed by atoms with E-state index >= 15 is 0 Å². The summed E-state index contributed by atoms with van der Waals surface area (Å²) in [4.78, 5) is 4.48. The zero-order valence-corrected chi connectivity index (χ0v) is 9.25. The molecule has 2 nitrogen and oxygen atoms in total. The fourth-order valence-electron chi connectivity index (χ4n) is 2.85. The van der Waals surface area contributed by atoms with E-state index in [0.717, 1.165) is 18.0 Å². The monoisotopic (exact) mass is 203 g/mol. The van der Waals surface area contributed by atoms with Gasteiger partial charge in [0, 0.05) is 17.7 Å². The molecule has 2 aliphatic rings. The van der Waals surface area contributed by atoms with Gasteiger partial charge in [0.25, 0.3) is 0 Å². The zero-order chi connectivity index (χ0) is 10.3. The summed E-state index contributed by atoms with van der Waals surface area (Å²) in [7, 11) is 0. The first-order valence-corrected chi connectivity index (χ1v) is 5.93. The summed E-state index contributed by atoms with van der Waals surface area (Å²) in [6, 6.07) is 4.27. The van der Waals surface area contributed by atoms with Gasteiger partial charge in [-0.05, 0) is 38.7 Å². The molecule has 0 aromatic carbocycles. The van der Waals surface area contributed by atoms with Gasteiger partial charge < -0.3 is 4.74 Å². The van der Waals surface area contributed by atoms with E-state index in [-0.39, 0.29) is 5.60 Å². The molecular weight excluding hydrogens is 186 g/mol. The molecular formula is C13H17NO. The Bertz CT molecular complexity index is 380. The minimum absolute atomic E-state index is 0.112. The van der Waals surface area contributed by atoms with E-state index in [1.54, 1.807) is 0 Å². The van der Waals surface area contributed by atoms with Crippen LogP contribution in [-0.2, 0) is 6.42 Å². The van der Waals surface area contributed by atoms with Crippen molar-refractivity contribution in [1.82, 2.24) is 4.98 Å². The largest absolute Gasteiger partial charge is 0.470 e. The molecule has 1 saturated carbocycles. The molecule has 1 aromatic heterocycles. The lowest BCUT2D eigenvalue weighted by Gasteiger charge is -2.32. The van der Waals surface area contributed by atoms with Gasteiger partial charge in [0.15, 0.2) is 0 Å². The summed E-state index contributed by atoms with van der Waals surface area (Å²) in [5.41, 5.74) is 2.48. The number of aromatic nitrogens is 1. The Balaban J connectivity index is 1.90. The summed E-state index contributed by atoms with van der Waals surface area (Å²) in [6.07, 6.45) is 7.49. The Hall–Kier alpha value is -1.05. The SMILES string of the molecule is Cc1ccc2c(n1)OC1(CCCCC1)C2. The number of aryl methyl sites for hydroxylation is 1. The van der Waals surface area contributed by atoms with Gasteiger partial charge in [-0.1, -0.05) is 12.5 Å². The lowest BCUT2D eigenvalue weighted by atomic mass is 9.82. The molecule has 2 heteroatoms. The van der Waals surface area contributed by atoms with Gasteiger partial charge in [0.2, 0.25) is 5.88 Å². The Morgan fingerprint density at radius 3 is 2.80 bits per heavy atom. The van der Waals surface area contributed by atoms with Crippen molar-refractivity contribution < 1.29 is 4.74 Å². The second-order valence-electron chi connectivity index (χ2n) is 4.94. The lowest BCUT2D eigenvalue weighted by Crippen LogP contribution is -2.36. The van der Waals surface area contributed by atoms with Crippen LogP contribution in [0, 0.1) is 6.92 Å². The summed E-state index contributed by atoms with van der Waals surface area (Å²) in [5, 5.41) is 0. The second kappa shape index (κ2) is 3.22. The molecule has 1 fully saturated rings. The van der Waals surface area contributed by atoms with Gasteiger partial charge in [-0.15, -0.1) is 0 Å². The summed E-state index contributed by atoms with van der Waals surface area (Å²) >= 11 is 0. The van der Waals surface area contributed by atoms with E-state index in [2.05, 4.69) is 17.1 Å². The van der Waals surface area contributed by atoms with Gasteiger partial charge in [-0.3, -0.25) is 0 Å². The van der Waals surface area contributed by atoms with E-state index in [1.165, 1.54) is 37.7 Å². The van der Waals surface area contributed by atoms with Crippen LogP contribution in [0.15, 0.2) is 12.1 Å². The molecule has 2 heterocycles. The average molecular weight is 203 g/mol. The molecule has 1 aliphatic heterocycles. The van der Waals surface area contributed by atoms with Gasteiger partial charge in [-0.25, -0.2) is 4.98 Å². The molecule has 80 valence electrons. The van der Waals surface area contributed by atoms with E-state index in [1.807, 2.05) is 6.92 Å². The van der Waals surface area contributed by atoms with Crippen LogP contribution in [0.1, 0.15) is 43.4 Å². The van der Waals surface area contributed by atoms with Gasteiger partial charge >= 0.3 is 0 Å². The predicted octanol–water partition coefficient (Wildman–Crippen LogP) is 3.03. The second-order valence-corrected chi connectivity index (χ2v) is 4.94. The maximum absolute atomic E-state index is 6.11. The van der Waals surface area contributed by atoms with Crippen LogP contribution in [-0.4, -0.2) is 10.6 Å². The molecule has 0 atom stereocenters. The minimum atomic E-state index is 0.112. The van der Waals surface area contributed by atoms with Crippen molar-refractivity contribution in [3.8, 4) is 5.88 Å². The van der Waals surface area contributed by atoms with E-state index in [0.29, 0.717) is 0 Å². The number of pyridine rings is 1. The highest BCUT2D eigenvalue weighted by molar-refractivity contribution is 5.34. The van der Waals surface area contributed by atoms with Crippen LogP contribution in [0.5, 0.6) is 5.88 Å². The molecule has 0 radical (unpaired) electrons. The number of fused-ring (bicyclic) bond motifs is 1. The molecule has 15 heavy (non-hydrogen) atoms. The molecule has 1 spiro atoms. The first kappa shape index (κ1) is 9.20. The third-order valence-corrected chi connectivity index (χ3v) is 3.67. The maximum atomic E-state index is 6.11. The summed E-state index contributed by atoms with van der Waals surface area (Å²) < 4.78 is 6.11. The van der Waals surface area contributed by atoms with Crippen LogP contribution in [0.25, 0.3) is 0 Å². The van der Waals surface area contributed by atoms with Crippen molar-refractivity contribution >= 4 is 0 Å². The van der Waals surface area contributed by atoms with Crippen molar-refractivity contribution in [3.63, 3.8) is 0 Å². The van der Waals surface area contributed by atoms with E-state index in [4.69, 9.17) is 4.74 Å². The van der Waals surface area contributed by atoms with Crippen LogP contribution < -0.4 is 4.74 Å². The van der Waals surface area contributed by atoms with E-state index in [9.17, 15) is 0 Å². The lowest BCUT2D eigenvalue weighted by molar-refractivity contribution is 0.0492. The van der Waals surface area contributed by atoms with Crippen molar-refractivity contribution in [2.45, 2.75) is 51.0 Å². The van der Waals surface area contributed by atoms with Crippen molar-refractivity contribution in [3.05, 3.63) is 23.4 Å². The molecule has 0 amide bonds. The molecule has 0 bridgehead atoms. The quantitative estimate of drug-likeness (QED) is 0.646. The van der Waals surface area contributed by atoms with Crippen molar-refractivity contribution in [2.75, 3.05) is 0 Å². The smallest absolute Gasteiger partial charge is 0.217 e. The highest BCUT2D eigenvalue weighted by atomic mass is 16.5. The minimum Gasteiger partial charge on any atom is -0.470 e. The standard InChI is InChI=1S/C13H17NO/c1-10-5-6-11-9-13(15-12(11)14-10)7-3-2-4-8-13/h5-6H,2-4,7-9H2,1H3. The summed E-state index contributed by atoms with van der Waals surface area (Å²) in [5.74, 6) is 0.900. The predicted molar refractivity (Wildman–Crippen MR) is 59.1 cm³/mol. The van der Waals surface area contributed by atoms with Crippen LogP contribution in [0.3, 0.4) is 0 Å². The number of ether oxygens (including phenoxy) is 1. The van der Waals surface area contributed by atoms with Gasteiger partial charge in [-0.2, -0.15) is 0 Å². The first-order valence-electron chi connectivity index (χ1n) is 5.93. The fourth-order valence-corrected chi connectivity index (χ4v) is 2.85. The fraction of sp³-hybridized carbons (Fsp3) is 0.615. The molecule has 0 unspecified atom stereocenters. The number of hydrogen-bond acceptors (Lipinski definition) is 2. The first-order chi connectivity index (χ1) is 7.27. The zero-order valence-electron chi connectivity index (χ0n) is 9.25. The van der Waals surface area contributed by atoms with Crippen LogP contribution >= 0.6 is 0 Å². The Kier molecular flexibility index (Phi) is 1.98. The van der Waals surface area contributed by atoms with Crippen molar-refractivity contribution in [1.29, 1.82) is 0 Å². The number of rotatable bonds is 0. The van der Waals surface area contributed by atoms with E-state index < -0.39 is 0 Å². The van der Waals surface area contributed by atoms with Crippen LogP contribution in [0.2, 0.25) is 0 Å². The highest BCUT2D eigenvalue weighted by Crippen LogP contribution is 2.42. The third-order valence-electron chi connectivity index (χ3n) is 3.67. The molecule has 1 aromatic rings. The van der Waals surface area contributed by atoms with Gasteiger partial charge in [0.05, 0.1) is 0 Å². The highest BCUT2D eigenvalue weighted by Gasteiger charge is 2.40. The Morgan fingerprint density at radius 2 is 2.00 bits per heavy atom. The Morgan fingerprint density at radius 1 is 1.20 bits per heavy atom. The van der Waals surface area contributed by atoms with Crippen LogP contribution in [0.4, 0.5) is 0 Å². The topological polar surface area (TPSA) is 22.1 Å². The average Bonchev–Trinajstić information content (AvgIpc) is 2.56. The molecule has 3 rings (SSSR count). The normalized spacial score (nSPS) is 22.5. The number of nitrogens with zero attached hydrogens (tertiary/aromatic N) is 1. The molecule has 1 aliphatic carbocycles. The molecule has 0 saturated heterocycles. The third kappa shape index (κ3) is 1.52. The summed E-state index contributed by atoms with van der Waals surface area (Å²) in [6.45, 7) is 2.02. The Labute approximate surface area is 90.7 Å². The number of hydrogen-bond donors (Lipinski definition) is 0. The maximum Gasteiger partial charge on any atom is 0.217 e. The van der Waals surface area contributed by atoms with Crippen molar-refractivity contribution in [2.24, 2.45) is 0 Å².